The number of nitrogens with one attached hydrogen (secondary N) is 2. The molecule has 1 rings (SSSR count). The molecule has 0 saturated heterocycles. The van der Waals surface area contributed by atoms with Crippen molar-refractivity contribution in [3.63, 3.8) is 0 Å². The van der Waals surface area contributed by atoms with Crippen molar-refractivity contribution in [2.24, 2.45) is 5.92 Å². The van der Waals surface area contributed by atoms with Crippen molar-refractivity contribution in [2.45, 2.75) is 39.2 Å². The third kappa shape index (κ3) is 5.78. The number of hydrogen-bond donors (Lipinski definition) is 4. The summed E-state index contributed by atoms with van der Waals surface area (Å²) in [6, 6.07) is -0.845. The van der Waals surface area contributed by atoms with Crippen molar-refractivity contribution in [1.29, 1.82) is 0 Å². The first kappa shape index (κ1) is 18.1. The maximum atomic E-state index is 12.0. The molecule has 4 N–H and O–H groups in total. The van der Waals surface area contributed by atoms with E-state index in [-0.39, 0.29) is 11.6 Å². The molecule has 0 aliphatic carbocycles. The highest BCUT2D eigenvalue weighted by Gasteiger charge is 2.28. The Morgan fingerprint density at radius 1 is 1.23 bits per heavy atom. The van der Waals surface area contributed by atoms with Gasteiger partial charge in [0.25, 0.3) is 5.91 Å². The molecule has 0 spiro atoms. The number of hydrogen-bond acceptors (Lipinski definition) is 6. The van der Waals surface area contributed by atoms with Gasteiger partial charge in [-0.3, -0.25) is 14.6 Å². The molecule has 0 aromatic carbocycles. The number of carbonyl (C=O) groups excluding carboxylic acids is 2. The van der Waals surface area contributed by atoms with Crippen molar-refractivity contribution in [1.82, 2.24) is 20.6 Å². The minimum atomic E-state index is -1.66. The minimum absolute atomic E-state index is 0.100. The van der Waals surface area contributed by atoms with Crippen LogP contribution in [0.1, 0.15) is 37.7 Å². The molecule has 0 saturated carbocycles. The van der Waals surface area contributed by atoms with Crippen LogP contribution in [0.15, 0.2) is 18.6 Å². The van der Waals surface area contributed by atoms with Gasteiger partial charge in [0, 0.05) is 12.4 Å². The molecule has 0 fully saturated rings. The molecule has 22 heavy (non-hydrogen) atoms. The van der Waals surface area contributed by atoms with Crippen LogP contribution in [-0.4, -0.2) is 50.9 Å². The van der Waals surface area contributed by atoms with Gasteiger partial charge in [-0.2, -0.15) is 0 Å². The van der Waals surface area contributed by atoms with E-state index >= 15 is 0 Å². The van der Waals surface area contributed by atoms with Gasteiger partial charge in [0.15, 0.2) is 0 Å². The van der Waals surface area contributed by atoms with Crippen LogP contribution < -0.4 is 10.6 Å². The van der Waals surface area contributed by atoms with E-state index in [4.69, 9.17) is 0 Å². The molecule has 1 unspecified atom stereocenters. The number of rotatable bonds is 7. The van der Waals surface area contributed by atoms with E-state index in [0.29, 0.717) is 6.42 Å². The van der Waals surface area contributed by atoms with Gasteiger partial charge >= 0.3 is 7.12 Å². The Balaban J connectivity index is 2.59. The fraction of sp³-hybridized carbons (Fsp3) is 0.538. The molecule has 2 atom stereocenters. The first-order valence-corrected chi connectivity index (χ1v) is 7.04. The van der Waals surface area contributed by atoms with Crippen LogP contribution in [-0.2, 0) is 4.79 Å². The number of amides is 2. The van der Waals surface area contributed by atoms with Crippen LogP contribution in [0.25, 0.3) is 0 Å². The topological polar surface area (TPSA) is 124 Å². The van der Waals surface area contributed by atoms with Crippen LogP contribution in [0.5, 0.6) is 0 Å². The highest BCUT2D eigenvalue weighted by molar-refractivity contribution is 6.43. The largest absolute Gasteiger partial charge is 0.475 e. The van der Waals surface area contributed by atoms with Gasteiger partial charge in [0.1, 0.15) is 11.7 Å². The second-order valence-electron chi connectivity index (χ2n) is 5.44. The lowest BCUT2D eigenvalue weighted by atomic mass is 9.75. The summed E-state index contributed by atoms with van der Waals surface area (Å²) in [6.45, 7) is 5.31. The number of aromatic nitrogens is 2. The van der Waals surface area contributed by atoms with Crippen LogP contribution in [0, 0.1) is 5.92 Å². The Hall–Kier alpha value is -2.00. The van der Waals surface area contributed by atoms with E-state index in [9.17, 15) is 19.6 Å². The van der Waals surface area contributed by atoms with Crippen molar-refractivity contribution >= 4 is 18.9 Å². The van der Waals surface area contributed by atoms with Crippen molar-refractivity contribution in [3.05, 3.63) is 24.3 Å². The predicted molar refractivity (Wildman–Crippen MR) is 80.5 cm³/mol. The molecule has 0 radical (unpaired) electrons. The Labute approximate surface area is 129 Å². The second kappa shape index (κ2) is 8.45. The lowest BCUT2D eigenvalue weighted by Gasteiger charge is -2.22. The van der Waals surface area contributed by atoms with E-state index < -0.39 is 30.9 Å². The first-order chi connectivity index (χ1) is 10.3. The summed E-state index contributed by atoms with van der Waals surface area (Å²) in [4.78, 5) is 31.5. The quantitative estimate of drug-likeness (QED) is 0.486. The average Bonchev–Trinajstić information content (AvgIpc) is 2.46. The Kier molecular flexibility index (Phi) is 6.93. The minimum Gasteiger partial charge on any atom is -0.426 e. The zero-order valence-electron chi connectivity index (χ0n) is 12.9. The highest BCUT2D eigenvalue weighted by atomic mass is 16.4. The molecule has 8 nitrogen and oxygen atoms in total. The van der Waals surface area contributed by atoms with Gasteiger partial charge in [-0.1, -0.05) is 13.8 Å². The van der Waals surface area contributed by atoms with Gasteiger partial charge in [0.05, 0.1) is 12.1 Å². The summed E-state index contributed by atoms with van der Waals surface area (Å²) in [5, 5.41) is 23.6. The Morgan fingerprint density at radius 3 is 2.41 bits per heavy atom. The van der Waals surface area contributed by atoms with Crippen LogP contribution >= 0.6 is 0 Å². The summed E-state index contributed by atoms with van der Waals surface area (Å²) < 4.78 is 0. The van der Waals surface area contributed by atoms with Crippen LogP contribution in [0.4, 0.5) is 0 Å². The van der Waals surface area contributed by atoms with Gasteiger partial charge < -0.3 is 20.7 Å². The zero-order valence-corrected chi connectivity index (χ0v) is 12.9. The first-order valence-electron chi connectivity index (χ1n) is 7.04. The normalized spacial score (nSPS) is 13.4. The number of nitrogens with zero attached hydrogens (tertiary/aromatic N) is 2. The van der Waals surface area contributed by atoms with Gasteiger partial charge in [-0.05, 0) is 19.3 Å². The molecule has 1 aromatic rings. The zero-order chi connectivity index (χ0) is 16.7. The van der Waals surface area contributed by atoms with Gasteiger partial charge in [-0.25, -0.2) is 4.98 Å². The second-order valence-corrected chi connectivity index (χ2v) is 5.44. The Bertz CT molecular complexity index is 498. The molecule has 2 amide bonds. The van der Waals surface area contributed by atoms with Crippen LogP contribution in [0.2, 0.25) is 0 Å². The lowest BCUT2D eigenvalue weighted by molar-refractivity contribution is -0.123. The van der Waals surface area contributed by atoms with E-state index in [1.165, 1.54) is 25.5 Å². The highest BCUT2D eigenvalue weighted by Crippen LogP contribution is 2.06. The molecular formula is C13H21BN4O4. The number of carbonyl (C=O) groups is 2. The summed E-state index contributed by atoms with van der Waals surface area (Å²) in [5.74, 6) is -1.64. The average molecular weight is 308 g/mol. The molecule has 0 aliphatic rings. The molecule has 9 heteroatoms. The van der Waals surface area contributed by atoms with Crippen molar-refractivity contribution < 1.29 is 19.6 Å². The van der Waals surface area contributed by atoms with Crippen molar-refractivity contribution in [3.8, 4) is 0 Å². The van der Waals surface area contributed by atoms with E-state index in [2.05, 4.69) is 20.6 Å². The fourth-order valence-electron chi connectivity index (χ4n) is 1.82. The summed E-state index contributed by atoms with van der Waals surface area (Å²) in [5.41, 5.74) is 0.100. The van der Waals surface area contributed by atoms with E-state index in [1.807, 2.05) is 13.8 Å². The maximum absolute atomic E-state index is 12.0. The molecule has 1 aromatic heterocycles. The third-order valence-corrected chi connectivity index (χ3v) is 2.95. The monoisotopic (exact) mass is 308 g/mol. The Morgan fingerprint density at radius 2 is 1.91 bits per heavy atom. The fourth-order valence-corrected chi connectivity index (χ4v) is 1.82. The van der Waals surface area contributed by atoms with Crippen LogP contribution in [0.3, 0.4) is 0 Å². The van der Waals surface area contributed by atoms with E-state index in [1.54, 1.807) is 0 Å². The third-order valence-electron chi connectivity index (χ3n) is 2.95. The molecule has 120 valence electrons. The van der Waals surface area contributed by atoms with Gasteiger partial charge in [0.2, 0.25) is 5.91 Å². The molecule has 0 aliphatic heterocycles. The van der Waals surface area contributed by atoms with Gasteiger partial charge in [-0.15, -0.1) is 0 Å². The summed E-state index contributed by atoms with van der Waals surface area (Å²) in [7, 11) is -1.66. The van der Waals surface area contributed by atoms with E-state index in [0.717, 1.165) is 0 Å². The summed E-state index contributed by atoms with van der Waals surface area (Å²) >= 11 is 0. The molecule has 0 bridgehead atoms. The lowest BCUT2D eigenvalue weighted by Crippen LogP contribution is -2.53. The predicted octanol–water partition coefficient (Wildman–Crippen LogP) is -0.862. The standard InChI is InChI=1S/C13H21BN4O4/c1-8(2)6-11(14(21)22)18-12(19)9(3)17-13(20)10-7-15-4-5-16-10/h4-5,7-9,11,21-22H,6H2,1-3H3,(H,17,20)(H,18,19)/t9-,11?/m0/s1. The summed E-state index contributed by atoms with van der Waals surface area (Å²) in [6.07, 6.45) is 4.51. The maximum Gasteiger partial charge on any atom is 0.475 e. The molecular weight excluding hydrogens is 287 g/mol. The van der Waals surface area contributed by atoms with Crippen molar-refractivity contribution in [2.75, 3.05) is 0 Å². The smallest absolute Gasteiger partial charge is 0.426 e. The SMILES string of the molecule is CC(C)CC(NC(=O)[C@H](C)NC(=O)c1cnccn1)B(O)O. The molecule has 1 heterocycles.